The van der Waals surface area contributed by atoms with Crippen LogP contribution in [0.3, 0.4) is 0 Å². The lowest BCUT2D eigenvalue weighted by Crippen LogP contribution is -2.30. The molecule has 0 amide bonds. The van der Waals surface area contributed by atoms with Crippen LogP contribution in [0, 0.1) is 0 Å². The van der Waals surface area contributed by atoms with E-state index in [9.17, 15) is 0 Å². The van der Waals surface area contributed by atoms with E-state index in [-0.39, 0.29) is 0 Å². The predicted octanol–water partition coefficient (Wildman–Crippen LogP) is 2.76. The van der Waals surface area contributed by atoms with Crippen LogP contribution < -0.4 is 5.32 Å². The molecule has 2 nitrogen and oxygen atoms in total. The zero-order valence-electron chi connectivity index (χ0n) is 11.5. The monoisotopic (exact) mass is 256 g/mol. The summed E-state index contributed by atoms with van der Waals surface area (Å²) in [5, 5.41) is 4.31. The standard InChI is InChI=1S/C14H28N2S/c1-4-8-15-11-13(2)12-16-9-5-6-14(17-3)7-10-16/h14-15H,2,4-12H2,1,3H3. The SMILES string of the molecule is C=C(CNCCC)CN1CCCC(SC)CC1. The number of thioether (sulfide) groups is 1. The largest absolute Gasteiger partial charge is 0.313 e. The molecular weight excluding hydrogens is 228 g/mol. The summed E-state index contributed by atoms with van der Waals surface area (Å²) in [5.41, 5.74) is 1.33. The number of rotatable bonds is 7. The fourth-order valence-corrected chi connectivity index (χ4v) is 3.08. The summed E-state index contributed by atoms with van der Waals surface area (Å²) in [6.07, 6.45) is 7.52. The number of nitrogens with one attached hydrogen (secondary N) is 1. The fourth-order valence-electron chi connectivity index (χ4n) is 2.33. The van der Waals surface area contributed by atoms with Gasteiger partial charge in [-0.1, -0.05) is 13.5 Å². The highest BCUT2D eigenvalue weighted by molar-refractivity contribution is 7.99. The minimum atomic E-state index is 0.881. The van der Waals surface area contributed by atoms with Gasteiger partial charge in [-0.05, 0) is 57.1 Å². The van der Waals surface area contributed by atoms with Crippen molar-refractivity contribution < 1.29 is 0 Å². The van der Waals surface area contributed by atoms with Gasteiger partial charge in [0, 0.05) is 18.3 Å². The van der Waals surface area contributed by atoms with Crippen LogP contribution in [0.15, 0.2) is 12.2 Å². The van der Waals surface area contributed by atoms with E-state index < -0.39 is 0 Å². The minimum absolute atomic E-state index is 0.881. The van der Waals surface area contributed by atoms with E-state index in [0.29, 0.717) is 0 Å². The third kappa shape index (κ3) is 6.49. The molecular formula is C14H28N2S. The molecule has 1 rings (SSSR count). The molecule has 0 aromatic rings. The first kappa shape index (κ1) is 15.1. The van der Waals surface area contributed by atoms with E-state index in [1.807, 2.05) is 11.8 Å². The van der Waals surface area contributed by atoms with Gasteiger partial charge in [-0.15, -0.1) is 0 Å². The van der Waals surface area contributed by atoms with Crippen molar-refractivity contribution in [3.8, 4) is 0 Å². The van der Waals surface area contributed by atoms with E-state index >= 15 is 0 Å². The summed E-state index contributed by atoms with van der Waals surface area (Å²) < 4.78 is 0. The fraction of sp³-hybridized carbons (Fsp3) is 0.857. The molecule has 0 aromatic heterocycles. The molecule has 1 unspecified atom stereocenters. The molecule has 1 aliphatic rings. The summed E-state index contributed by atoms with van der Waals surface area (Å²) in [7, 11) is 0. The molecule has 0 radical (unpaired) electrons. The number of hydrogen-bond donors (Lipinski definition) is 1. The average Bonchev–Trinajstić information content (AvgIpc) is 2.54. The maximum absolute atomic E-state index is 4.18. The van der Waals surface area contributed by atoms with E-state index in [1.54, 1.807) is 0 Å². The van der Waals surface area contributed by atoms with Crippen molar-refractivity contribution in [2.75, 3.05) is 39.0 Å². The Kier molecular flexibility index (Phi) is 7.99. The van der Waals surface area contributed by atoms with Crippen molar-refractivity contribution in [3.05, 3.63) is 12.2 Å². The Morgan fingerprint density at radius 2 is 2.24 bits per heavy atom. The maximum Gasteiger partial charge on any atom is 0.0202 e. The Morgan fingerprint density at radius 3 is 2.94 bits per heavy atom. The normalized spacial score (nSPS) is 22.4. The maximum atomic E-state index is 4.18. The minimum Gasteiger partial charge on any atom is -0.313 e. The molecule has 100 valence electrons. The Hall–Kier alpha value is 0.0100. The van der Waals surface area contributed by atoms with Crippen molar-refractivity contribution in [1.29, 1.82) is 0 Å². The van der Waals surface area contributed by atoms with Crippen LogP contribution in [-0.2, 0) is 0 Å². The number of likely N-dealkylation sites (tertiary alicyclic amines) is 1. The lowest BCUT2D eigenvalue weighted by Gasteiger charge is -2.21. The van der Waals surface area contributed by atoms with Crippen molar-refractivity contribution >= 4 is 11.8 Å². The summed E-state index contributed by atoms with van der Waals surface area (Å²) in [4.78, 5) is 2.58. The van der Waals surface area contributed by atoms with Gasteiger partial charge in [-0.25, -0.2) is 0 Å². The van der Waals surface area contributed by atoms with Crippen LogP contribution in [0.4, 0.5) is 0 Å². The van der Waals surface area contributed by atoms with Crippen molar-refractivity contribution in [3.63, 3.8) is 0 Å². The Morgan fingerprint density at radius 1 is 1.41 bits per heavy atom. The van der Waals surface area contributed by atoms with Crippen molar-refractivity contribution in [2.24, 2.45) is 0 Å². The van der Waals surface area contributed by atoms with Gasteiger partial charge in [-0.2, -0.15) is 11.8 Å². The first-order valence-corrected chi connectivity index (χ1v) is 8.17. The lowest BCUT2D eigenvalue weighted by molar-refractivity contribution is 0.307. The van der Waals surface area contributed by atoms with Crippen LogP contribution in [-0.4, -0.2) is 49.1 Å². The molecule has 1 atom stereocenters. The first-order valence-electron chi connectivity index (χ1n) is 6.88. The summed E-state index contributed by atoms with van der Waals surface area (Å²) in [6, 6.07) is 0. The molecule has 1 fully saturated rings. The highest BCUT2D eigenvalue weighted by atomic mass is 32.2. The van der Waals surface area contributed by atoms with E-state index in [0.717, 1.165) is 24.9 Å². The number of hydrogen-bond acceptors (Lipinski definition) is 3. The van der Waals surface area contributed by atoms with Gasteiger partial charge in [0.05, 0.1) is 0 Å². The highest BCUT2D eigenvalue weighted by Crippen LogP contribution is 2.21. The van der Waals surface area contributed by atoms with E-state index in [4.69, 9.17) is 0 Å². The molecule has 0 spiro atoms. The molecule has 1 N–H and O–H groups in total. The third-order valence-corrected chi connectivity index (χ3v) is 4.49. The van der Waals surface area contributed by atoms with Gasteiger partial charge in [0.25, 0.3) is 0 Å². The quantitative estimate of drug-likeness (QED) is 0.557. The van der Waals surface area contributed by atoms with Crippen LogP contribution in [0.5, 0.6) is 0 Å². The van der Waals surface area contributed by atoms with Gasteiger partial charge in [-0.3, -0.25) is 4.90 Å². The molecule has 1 saturated heterocycles. The van der Waals surface area contributed by atoms with Crippen molar-refractivity contribution in [2.45, 2.75) is 37.9 Å². The lowest BCUT2D eigenvalue weighted by atomic mass is 10.2. The second-order valence-corrected chi connectivity index (χ2v) is 6.13. The molecule has 17 heavy (non-hydrogen) atoms. The van der Waals surface area contributed by atoms with Gasteiger partial charge in [0.15, 0.2) is 0 Å². The van der Waals surface area contributed by atoms with Gasteiger partial charge >= 0.3 is 0 Å². The molecule has 0 saturated carbocycles. The van der Waals surface area contributed by atoms with Crippen LogP contribution >= 0.6 is 11.8 Å². The topological polar surface area (TPSA) is 15.3 Å². The molecule has 1 heterocycles. The molecule has 1 aliphatic heterocycles. The zero-order chi connectivity index (χ0) is 12.5. The first-order chi connectivity index (χ1) is 8.26. The van der Waals surface area contributed by atoms with Crippen molar-refractivity contribution in [1.82, 2.24) is 10.2 Å². The van der Waals surface area contributed by atoms with E-state index in [1.165, 1.54) is 44.3 Å². The third-order valence-electron chi connectivity index (χ3n) is 3.35. The van der Waals surface area contributed by atoms with Crippen LogP contribution in [0.2, 0.25) is 0 Å². The average molecular weight is 256 g/mol. The van der Waals surface area contributed by atoms with Gasteiger partial charge in [0.2, 0.25) is 0 Å². The summed E-state index contributed by atoms with van der Waals surface area (Å²) in [5.74, 6) is 0. The predicted molar refractivity (Wildman–Crippen MR) is 79.9 cm³/mol. The molecule has 0 aromatic carbocycles. The smallest absolute Gasteiger partial charge is 0.0202 e. The van der Waals surface area contributed by atoms with Gasteiger partial charge in [0.1, 0.15) is 0 Å². The number of nitrogens with zero attached hydrogens (tertiary/aromatic N) is 1. The molecule has 0 aliphatic carbocycles. The Labute approximate surface area is 111 Å². The second kappa shape index (κ2) is 9.01. The Bertz CT molecular complexity index is 218. The highest BCUT2D eigenvalue weighted by Gasteiger charge is 2.16. The Balaban J connectivity index is 2.19. The van der Waals surface area contributed by atoms with Crippen LogP contribution in [0.1, 0.15) is 32.6 Å². The summed E-state index contributed by atoms with van der Waals surface area (Å²) >= 11 is 2.04. The molecule has 3 heteroatoms. The zero-order valence-corrected chi connectivity index (χ0v) is 12.3. The molecule has 0 bridgehead atoms. The second-order valence-electron chi connectivity index (χ2n) is 4.99. The summed E-state index contributed by atoms with van der Waals surface area (Å²) in [6.45, 7) is 12.1. The van der Waals surface area contributed by atoms with E-state index in [2.05, 4.69) is 30.0 Å². The van der Waals surface area contributed by atoms with Gasteiger partial charge < -0.3 is 5.32 Å². The van der Waals surface area contributed by atoms with Crippen LogP contribution in [0.25, 0.3) is 0 Å².